The molecule has 0 aliphatic carbocycles. The van der Waals surface area contributed by atoms with Crippen molar-refractivity contribution in [1.82, 2.24) is 26.2 Å². The molecule has 18 nitrogen and oxygen atoms in total. The summed E-state index contributed by atoms with van der Waals surface area (Å²) >= 11 is 1.85. The Hall–Kier alpha value is -4.02. The number of amides is 6. The first-order chi connectivity index (χ1) is 25.5. The van der Waals surface area contributed by atoms with Gasteiger partial charge in [0.15, 0.2) is 6.04 Å². The molecule has 21 heteroatoms. The molecule has 3 aliphatic rings. The Kier molecular flexibility index (Phi) is 13.1. The van der Waals surface area contributed by atoms with E-state index in [1.165, 1.54) is 0 Å². The summed E-state index contributed by atoms with van der Waals surface area (Å²) in [5, 5.41) is 11.4. The zero-order chi connectivity index (χ0) is 39.4. The molecule has 3 heterocycles. The summed E-state index contributed by atoms with van der Waals surface area (Å²) in [6.45, 7) is 0.645. The number of quaternary nitrogens is 1. The number of unbranched alkanes of at least 4 members (excludes halogenated alkanes) is 4. The Morgan fingerprint density at radius 3 is 2.30 bits per heavy atom. The molecule has 0 radical (unpaired) electrons. The molecule has 2 fully saturated rings. The number of carbonyl (C=O) groups is 5. The number of fused-ring (bicyclic) bond motifs is 1. The molecule has 0 spiro atoms. The van der Waals surface area contributed by atoms with Gasteiger partial charge in [-0.15, -0.1) is 0 Å². The van der Waals surface area contributed by atoms with Crippen molar-refractivity contribution in [3.8, 4) is 0 Å². The molecule has 0 bridgehead atoms. The topological polar surface area (TPSA) is 305 Å². The van der Waals surface area contributed by atoms with E-state index in [0.29, 0.717) is 56.9 Å². The van der Waals surface area contributed by atoms with Crippen LogP contribution in [0.3, 0.4) is 0 Å². The van der Waals surface area contributed by atoms with Crippen molar-refractivity contribution in [3.05, 3.63) is 29.3 Å². The summed E-state index contributed by atoms with van der Waals surface area (Å²) in [6, 6.07) is 2.04. The molecule has 0 saturated carbocycles. The minimum Gasteiger partial charge on any atom is -0.744 e. The van der Waals surface area contributed by atoms with Gasteiger partial charge in [-0.2, -0.15) is 11.8 Å². The number of thioether (sulfide) groups is 1. The summed E-state index contributed by atoms with van der Waals surface area (Å²) < 4.78 is 71.2. The van der Waals surface area contributed by atoms with Gasteiger partial charge >= 0.3 is 6.03 Å². The number of rotatable bonds is 19. The van der Waals surface area contributed by atoms with Crippen LogP contribution in [-0.4, -0.2) is 109 Å². The van der Waals surface area contributed by atoms with E-state index < -0.39 is 59.0 Å². The minimum absolute atomic E-state index is 0.0132. The fourth-order valence-electron chi connectivity index (χ4n) is 6.97. The fraction of sp³-hybridized carbons (Fsp3) is 0.545. The van der Waals surface area contributed by atoms with Crippen molar-refractivity contribution in [2.24, 2.45) is 0 Å². The van der Waals surface area contributed by atoms with Gasteiger partial charge in [0, 0.05) is 59.8 Å². The summed E-state index contributed by atoms with van der Waals surface area (Å²) in [5.74, 6) is -1.18. The highest BCUT2D eigenvalue weighted by Gasteiger charge is 2.42. The number of benzene rings is 2. The Labute approximate surface area is 316 Å². The first-order valence-corrected chi connectivity index (χ1v) is 21.6. The highest BCUT2D eigenvalue weighted by atomic mass is 32.2. The second-order valence-electron chi connectivity index (χ2n) is 13.7. The van der Waals surface area contributed by atoms with Crippen LogP contribution in [0.25, 0.3) is 10.8 Å². The fourth-order valence-corrected chi connectivity index (χ4v) is 9.68. The van der Waals surface area contributed by atoms with Crippen molar-refractivity contribution in [3.63, 3.8) is 0 Å². The lowest BCUT2D eigenvalue weighted by atomic mass is 9.93. The van der Waals surface area contributed by atoms with Crippen LogP contribution < -0.4 is 32.7 Å². The van der Waals surface area contributed by atoms with Gasteiger partial charge in [-0.1, -0.05) is 6.42 Å². The molecule has 5 rings (SSSR count). The largest absolute Gasteiger partial charge is 0.744 e. The average Bonchev–Trinajstić information content (AvgIpc) is 3.66. The molecule has 2 aromatic carbocycles. The van der Waals surface area contributed by atoms with Crippen molar-refractivity contribution in [2.75, 3.05) is 31.1 Å². The summed E-state index contributed by atoms with van der Waals surface area (Å²) in [7, 11) is -10.4. The van der Waals surface area contributed by atoms with Crippen LogP contribution in [0.4, 0.5) is 10.5 Å². The maximum Gasteiger partial charge on any atom is 0.315 e. The predicted molar refractivity (Wildman–Crippen MR) is 194 cm³/mol. The van der Waals surface area contributed by atoms with Crippen LogP contribution in [0.15, 0.2) is 28.0 Å². The van der Waals surface area contributed by atoms with Gasteiger partial charge < -0.3 is 41.8 Å². The van der Waals surface area contributed by atoms with Gasteiger partial charge in [0.25, 0.3) is 17.7 Å². The van der Waals surface area contributed by atoms with Crippen LogP contribution in [0.5, 0.6) is 0 Å². The van der Waals surface area contributed by atoms with E-state index in [9.17, 15) is 49.9 Å². The van der Waals surface area contributed by atoms with Gasteiger partial charge in [0.1, 0.15) is 20.2 Å². The molecule has 2 saturated heterocycles. The maximum absolute atomic E-state index is 13.4. The van der Waals surface area contributed by atoms with E-state index >= 15 is 0 Å². The molecular weight excluding hydrogens is 767 g/mol. The van der Waals surface area contributed by atoms with E-state index in [0.717, 1.165) is 48.1 Å². The smallest absolute Gasteiger partial charge is 0.315 e. The molecule has 6 amide bonds. The lowest BCUT2D eigenvalue weighted by Gasteiger charge is -2.29. The number of urea groups is 1. The zero-order valence-electron chi connectivity index (χ0n) is 29.4. The van der Waals surface area contributed by atoms with Crippen LogP contribution >= 0.6 is 11.8 Å². The number of imide groups is 1. The van der Waals surface area contributed by atoms with Gasteiger partial charge in [-0.25, -0.2) is 21.6 Å². The van der Waals surface area contributed by atoms with E-state index in [2.05, 4.69) is 27.0 Å². The predicted octanol–water partition coefficient (Wildman–Crippen LogP) is -0.264. The number of hydrogen-bond acceptors (Lipinski definition) is 13. The number of anilines is 1. The molecule has 3 aliphatic heterocycles. The van der Waals surface area contributed by atoms with Crippen LogP contribution in [0.1, 0.15) is 84.9 Å². The summed E-state index contributed by atoms with van der Waals surface area (Å²) in [5.41, 5.74) is 8.38. The molecule has 0 aromatic heterocycles. The molecule has 54 heavy (non-hydrogen) atoms. The van der Waals surface area contributed by atoms with Gasteiger partial charge in [0.05, 0.1) is 33.1 Å². The van der Waals surface area contributed by atoms with E-state index in [-0.39, 0.29) is 59.4 Å². The maximum atomic E-state index is 13.4. The van der Waals surface area contributed by atoms with Crippen molar-refractivity contribution in [2.45, 2.75) is 97.4 Å². The van der Waals surface area contributed by atoms with E-state index in [4.69, 9.17) is 5.73 Å². The summed E-state index contributed by atoms with van der Waals surface area (Å²) in [6.07, 6.45) is 6.18. The highest BCUT2D eigenvalue weighted by Crippen LogP contribution is 2.39. The first kappa shape index (κ1) is 41.1. The number of hydrogen-bond donors (Lipinski definition) is 6. The number of nitrogen functional groups attached to an aromatic ring is 1. The standard InChI is InChI=1S/C33H45N7O11S3/c34-22(8-4-6-11-36-26(41)10-3-2-9-24-29-23(17-52-24)38-33(45)39-29)30(42)37-12-5-1-7-13-40-31(43)20-15-18(53(46,47)48)14-19-27(20)21(32(40)44)16-25(28(19)35)54(49,50)51/h14-16,22-24,29H,1-13,17,34-35H2,(H,36,41)(H,37,42)(H2,38,39,45)(H,46,47,48)(H,49,50,51)/p-1/t22?,23-,24-,29-/m0/s1. The second-order valence-corrected chi connectivity index (χ2v) is 17.7. The third-order valence-corrected chi connectivity index (χ3v) is 13.0. The quantitative estimate of drug-likeness (QED) is 0.0351. The van der Waals surface area contributed by atoms with Gasteiger partial charge in [-0.05, 0) is 63.1 Å². The molecule has 1 unspecified atom stereocenters. The lowest BCUT2D eigenvalue weighted by molar-refractivity contribution is -0.405. The number of nitrogens with one attached hydrogen (secondary N) is 4. The molecule has 2 aromatic rings. The van der Waals surface area contributed by atoms with E-state index in [1.54, 1.807) is 0 Å². The molecule has 4 atom stereocenters. The van der Waals surface area contributed by atoms with Crippen molar-refractivity contribution < 1.29 is 55.6 Å². The Morgan fingerprint density at radius 2 is 1.59 bits per heavy atom. The third-order valence-electron chi connectivity index (χ3n) is 9.83. The number of carbonyl (C=O) groups excluding carboxylic acids is 5. The SMILES string of the molecule is Nc1c(S(=O)(=O)[O-])cc2c3c(cc(S(=O)(=O)[O-])cc13)C(=O)N(CCCCCNC(=O)C([NH3+])CCCCNC(=O)CCCC[C@@H]1SC[C@@H]3NC(=O)N[C@@H]31)C2=O. The average molecular weight is 811 g/mol. The molecule has 296 valence electrons. The molecule has 9 N–H and O–H groups in total. The van der Waals surface area contributed by atoms with Crippen LogP contribution in [0, 0.1) is 0 Å². The lowest BCUT2D eigenvalue weighted by Crippen LogP contribution is -2.67. The van der Waals surface area contributed by atoms with Gasteiger partial charge in [-0.3, -0.25) is 24.1 Å². The minimum atomic E-state index is -5.23. The third kappa shape index (κ3) is 9.61. The number of nitrogens with two attached hydrogens (primary N) is 1. The Bertz CT molecular complexity index is 2020. The van der Waals surface area contributed by atoms with Crippen LogP contribution in [0.2, 0.25) is 0 Å². The Balaban J connectivity index is 0.982. The molecular formula is C33H44N7O11S3-. The first-order valence-electron chi connectivity index (χ1n) is 17.7. The monoisotopic (exact) mass is 810 g/mol. The van der Waals surface area contributed by atoms with E-state index in [1.807, 2.05) is 11.8 Å². The van der Waals surface area contributed by atoms with Crippen molar-refractivity contribution in [1.29, 1.82) is 0 Å². The second kappa shape index (κ2) is 17.2. The summed E-state index contributed by atoms with van der Waals surface area (Å²) in [4.78, 5) is 61.9. The Morgan fingerprint density at radius 1 is 0.907 bits per heavy atom. The van der Waals surface area contributed by atoms with Crippen LogP contribution in [-0.2, 0) is 29.8 Å². The number of nitrogens with zero attached hydrogens (tertiary/aromatic N) is 1. The zero-order valence-corrected chi connectivity index (χ0v) is 31.8. The van der Waals surface area contributed by atoms with Gasteiger partial charge in [0.2, 0.25) is 5.91 Å². The van der Waals surface area contributed by atoms with Crippen molar-refractivity contribution >= 4 is 78.1 Å². The highest BCUT2D eigenvalue weighted by molar-refractivity contribution is 8.00. The normalized spacial score (nSPS) is 20.1.